The van der Waals surface area contributed by atoms with Crippen molar-refractivity contribution < 1.29 is 14.3 Å². The SMILES string of the molecule is CCC[C@H]1[C@H]2C[C@H](CN(C(=O)Nc3ccc4c(c3)OCO4)C2)[C@@H]2CCCCN21. The Kier molecular flexibility index (Phi) is 4.83. The van der Waals surface area contributed by atoms with Crippen molar-refractivity contribution in [2.75, 3.05) is 31.7 Å². The molecular formula is C22H31N3O3. The fourth-order valence-electron chi connectivity index (χ4n) is 5.94. The normalized spacial score (nSPS) is 31.4. The van der Waals surface area contributed by atoms with Crippen LogP contribution in [-0.4, -0.2) is 54.3 Å². The van der Waals surface area contributed by atoms with E-state index in [1.807, 2.05) is 18.2 Å². The van der Waals surface area contributed by atoms with Gasteiger partial charge in [-0.25, -0.2) is 4.79 Å². The highest BCUT2D eigenvalue weighted by molar-refractivity contribution is 5.89. The number of nitrogens with one attached hydrogen (secondary N) is 1. The highest BCUT2D eigenvalue weighted by Gasteiger charge is 2.47. The summed E-state index contributed by atoms with van der Waals surface area (Å²) in [6.07, 6.45) is 7.74. The molecule has 3 fully saturated rings. The van der Waals surface area contributed by atoms with E-state index >= 15 is 0 Å². The van der Waals surface area contributed by atoms with Crippen LogP contribution in [0.5, 0.6) is 11.5 Å². The second-order valence-corrected chi connectivity index (χ2v) is 8.82. The minimum absolute atomic E-state index is 0.0214. The van der Waals surface area contributed by atoms with Crippen LogP contribution in [0.4, 0.5) is 10.5 Å². The smallest absolute Gasteiger partial charge is 0.321 e. The molecule has 4 atom stereocenters. The number of carbonyl (C=O) groups is 1. The molecule has 152 valence electrons. The van der Waals surface area contributed by atoms with Crippen LogP contribution in [0, 0.1) is 11.8 Å². The summed E-state index contributed by atoms with van der Waals surface area (Å²) < 4.78 is 10.8. The average molecular weight is 386 g/mol. The first-order valence-electron chi connectivity index (χ1n) is 10.9. The summed E-state index contributed by atoms with van der Waals surface area (Å²) in [7, 11) is 0. The molecule has 6 heteroatoms. The third-order valence-electron chi connectivity index (χ3n) is 7.12. The molecule has 4 heterocycles. The van der Waals surface area contributed by atoms with Crippen LogP contribution >= 0.6 is 0 Å². The zero-order valence-electron chi connectivity index (χ0n) is 16.7. The van der Waals surface area contributed by atoms with Crippen LogP contribution in [0.3, 0.4) is 0 Å². The summed E-state index contributed by atoms with van der Waals surface area (Å²) in [5, 5.41) is 3.09. The first-order chi connectivity index (χ1) is 13.7. The molecule has 0 saturated carbocycles. The van der Waals surface area contributed by atoms with E-state index in [1.165, 1.54) is 45.1 Å². The van der Waals surface area contributed by atoms with E-state index in [2.05, 4.69) is 22.0 Å². The van der Waals surface area contributed by atoms with Gasteiger partial charge in [0.05, 0.1) is 0 Å². The molecule has 4 aliphatic rings. The maximum Gasteiger partial charge on any atom is 0.321 e. The van der Waals surface area contributed by atoms with Crippen molar-refractivity contribution in [3.63, 3.8) is 0 Å². The van der Waals surface area contributed by atoms with E-state index in [0.29, 0.717) is 29.7 Å². The molecule has 1 aromatic carbocycles. The highest BCUT2D eigenvalue weighted by Crippen LogP contribution is 2.42. The molecule has 1 aromatic rings. The molecule has 0 aliphatic carbocycles. The fraction of sp³-hybridized carbons (Fsp3) is 0.682. The predicted octanol–water partition coefficient (Wildman–Crippen LogP) is 3.92. The van der Waals surface area contributed by atoms with Crippen molar-refractivity contribution in [1.82, 2.24) is 9.80 Å². The second kappa shape index (κ2) is 7.47. The zero-order chi connectivity index (χ0) is 19.1. The number of rotatable bonds is 3. The Morgan fingerprint density at radius 3 is 2.93 bits per heavy atom. The minimum Gasteiger partial charge on any atom is -0.454 e. The Morgan fingerprint density at radius 1 is 1.18 bits per heavy atom. The molecule has 5 rings (SSSR count). The van der Waals surface area contributed by atoms with Crippen molar-refractivity contribution in [3.8, 4) is 11.5 Å². The molecule has 28 heavy (non-hydrogen) atoms. The van der Waals surface area contributed by atoms with E-state index in [-0.39, 0.29) is 12.8 Å². The van der Waals surface area contributed by atoms with Gasteiger partial charge in [0, 0.05) is 36.9 Å². The molecular weight excluding hydrogens is 354 g/mol. The molecule has 2 bridgehead atoms. The largest absolute Gasteiger partial charge is 0.454 e. The summed E-state index contributed by atoms with van der Waals surface area (Å²) >= 11 is 0. The molecule has 6 nitrogen and oxygen atoms in total. The van der Waals surface area contributed by atoms with Gasteiger partial charge in [-0.3, -0.25) is 4.90 Å². The van der Waals surface area contributed by atoms with Gasteiger partial charge in [0.25, 0.3) is 0 Å². The number of nitrogens with zero attached hydrogens (tertiary/aromatic N) is 2. The lowest BCUT2D eigenvalue weighted by molar-refractivity contribution is -0.0637. The molecule has 4 aliphatic heterocycles. The molecule has 0 aromatic heterocycles. The summed E-state index contributed by atoms with van der Waals surface area (Å²) in [6, 6.07) is 6.94. The highest BCUT2D eigenvalue weighted by atomic mass is 16.7. The summed E-state index contributed by atoms with van der Waals surface area (Å²) in [4.78, 5) is 17.9. The second-order valence-electron chi connectivity index (χ2n) is 8.82. The Balaban J connectivity index is 1.30. The van der Waals surface area contributed by atoms with Gasteiger partial charge in [-0.15, -0.1) is 0 Å². The van der Waals surface area contributed by atoms with Gasteiger partial charge < -0.3 is 19.7 Å². The van der Waals surface area contributed by atoms with E-state index in [1.54, 1.807) is 0 Å². The van der Waals surface area contributed by atoms with Gasteiger partial charge in [-0.05, 0) is 56.2 Å². The van der Waals surface area contributed by atoms with Gasteiger partial charge >= 0.3 is 6.03 Å². The number of carbonyl (C=O) groups excluding carboxylic acids is 1. The number of hydrogen-bond donors (Lipinski definition) is 1. The third-order valence-corrected chi connectivity index (χ3v) is 7.12. The Morgan fingerprint density at radius 2 is 2.04 bits per heavy atom. The molecule has 0 radical (unpaired) electrons. The first kappa shape index (κ1) is 18.1. The Bertz CT molecular complexity index is 740. The average Bonchev–Trinajstić information content (AvgIpc) is 3.19. The third kappa shape index (κ3) is 3.21. The molecule has 2 amide bonds. The summed E-state index contributed by atoms with van der Waals surface area (Å²) in [5.41, 5.74) is 0.773. The lowest BCUT2D eigenvalue weighted by Gasteiger charge is -2.56. The van der Waals surface area contributed by atoms with Crippen LogP contribution in [0.1, 0.15) is 45.4 Å². The number of benzene rings is 1. The number of likely N-dealkylation sites (tertiary alicyclic amines) is 1. The van der Waals surface area contributed by atoms with Crippen LogP contribution in [0.2, 0.25) is 0 Å². The first-order valence-corrected chi connectivity index (χ1v) is 10.9. The van der Waals surface area contributed by atoms with E-state index in [9.17, 15) is 4.79 Å². The van der Waals surface area contributed by atoms with Crippen molar-refractivity contribution in [2.45, 2.75) is 57.5 Å². The standard InChI is InChI=1S/C22H31N3O3/c1-2-5-18-15-10-16(19-6-3-4-9-25(18)19)13-24(12-15)22(26)23-17-7-8-20-21(11-17)28-14-27-20/h7-8,11,15-16,18-19H,2-6,9-10,12-14H2,1H3,(H,23,26)/t15-,16+,18-,19-/m0/s1. The number of piperidine rings is 3. The van der Waals surface area contributed by atoms with Gasteiger partial charge in [0.15, 0.2) is 11.5 Å². The summed E-state index contributed by atoms with van der Waals surface area (Å²) in [6.45, 7) is 5.55. The fourth-order valence-corrected chi connectivity index (χ4v) is 5.94. The van der Waals surface area contributed by atoms with E-state index < -0.39 is 0 Å². The number of urea groups is 1. The van der Waals surface area contributed by atoms with Crippen molar-refractivity contribution >= 4 is 11.7 Å². The van der Waals surface area contributed by atoms with Crippen LogP contribution in [-0.2, 0) is 0 Å². The van der Waals surface area contributed by atoms with Crippen molar-refractivity contribution in [1.29, 1.82) is 0 Å². The monoisotopic (exact) mass is 385 g/mol. The van der Waals surface area contributed by atoms with Crippen LogP contribution in [0.25, 0.3) is 0 Å². The molecule has 0 unspecified atom stereocenters. The minimum atomic E-state index is 0.0214. The van der Waals surface area contributed by atoms with Crippen molar-refractivity contribution in [3.05, 3.63) is 18.2 Å². The number of anilines is 1. The molecule has 1 N–H and O–H groups in total. The van der Waals surface area contributed by atoms with Gasteiger partial charge in [-0.1, -0.05) is 19.8 Å². The topological polar surface area (TPSA) is 54.0 Å². The lowest BCUT2D eigenvalue weighted by Crippen LogP contribution is -2.64. The maximum atomic E-state index is 13.1. The zero-order valence-corrected chi connectivity index (χ0v) is 16.7. The quantitative estimate of drug-likeness (QED) is 0.857. The lowest BCUT2D eigenvalue weighted by atomic mass is 9.71. The molecule has 3 saturated heterocycles. The van der Waals surface area contributed by atoms with E-state index in [4.69, 9.17) is 9.47 Å². The van der Waals surface area contributed by atoms with Crippen molar-refractivity contribution in [2.24, 2.45) is 11.8 Å². The van der Waals surface area contributed by atoms with Crippen LogP contribution in [0.15, 0.2) is 18.2 Å². The van der Waals surface area contributed by atoms with Gasteiger partial charge in [0.1, 0.15) is 0 Å². The molecule has 0 spiro atoms. The Labute approximate surface area is 167 Å². The maximum absolute atomic E-state index is 13.1. The number of amides is 2. The Hall–Kier alpha value is -1.95. The van der Waals surface area contributed by atoms with Crippen LogP contribution < -0.4 is 14.8 Å². The van der Waals surface area contributed by atoms with E-state index in [0.717, 1.165) is 24.5 Å². The number of hydrogen-bond acceptors (Lipinski definition) is 4. The number of ether oxygens (including phenoxy) is 2. The number of fused-ring (bicyclic) bond motifs is 5. The van der Waals surface area contributed by atoms with Gasteiger partial charge in [-0.2, -0.15) is 0 Å². The van der Waals surface area contributed by atoms with Gasteiger partial charge in [0.2, 0.25) is 6.79 Å². The summed E-state index contributed by atoms with van der Waals surface area (Å²) in [5.74, 6) is 2.67. The predicted molar refractivity (Wildman–Crippen MR) is 108 cm³/mol.